The number of amides is 1. The Balaban J connectivity index is 1.80. The highest BCUT2D eigenvalue weighted by molar-refractivity contribution is 6.31. The lowest BCUT2D eigenvalue weighted by molar-refractivity contribution is -0.120. The first-order chi connectivity index (χ1) is 12.5. The molecule has 2 aliphatic rings. The zero-order valence-corrected chi connectivity index (χ0v) is 15.7. The van der Waals surface area contributed by atoms with E-state index in [0.29, 0.717) is 6.54 Å². The maximum atomic E-state index is 11.7. The molecule has 2 aromatic rings. The van der Waals surface area contributed by atoms with Gasteiger partial charge in [-0.25, -0.2) is 0 Å². The van der Waals surface area contributed by atoms with E-state index in [2.05, 4.69) is 42.0 Å². The summed E-state index contributed by atoms with van der Waals surface area (Å²) in [6, 6.07) is 5.83. The van der Waals surface area contributed by atoms with Gasteiger partial charge in [0.2, 0.25) is 6.41 Å². The number of fused-ring (bicyclic) bond motifs is 3. The molecule has 3 nitrogen and oxygen atoms in total. The van der Waals surface area contributed by atoms with E-state index in [4.69, 9.17) is 11.6 Å². The number of aromatic nitrogens is 1. The van der Waals surface area contributed by atoms with Crippen LogP contribution in [0.4, 0.5) is 0 Å². The molecule has 0 radical (unpaired) electrons. The third kappa shape index (κ3) is 2.75. The molecule has 0 spiro atoms. The van der Waals surface area contributed by atoms with Crippen LogP contribution in [-0.2, 0) is 11.2 Å². The summed E-state index contributed by atoms with van der Waals surface area (Å²) in [5.41, 5.74) is 4.45. The van der Waals surface area contributed by atoms with Crippen LogP contribution in [0.1, 0.15) is 37.6 Å². The molecule has 4 heteroatoms. The highest BCUT2D eigenvalue weighted by Gasteiger charge is 2.33. The quantitative estimate of drug-likeness (QED) is 0.603. The molecule has 26 heavy (non-hydrogen) atoms. The first kappa shape index (κ1) is 17.0. The number of aromatic amines is 1. The van der Waals surface area contributed by atoms with Crippen molar-refractivity contribution in [1.82, 2.24) is 9.88 Å². The molecule has 2 unspecified atom stereocenters. The van der Waals surface area contributed by atoms with Gasteiger partial charge in [-0.15, -0.1) is 5.92 Å². The third-order valence-corrected chi connectivity index (χ3v) is 5.63. The standard InChI is InChI=1S/C22H21ClN2O/c1-3-9-22(2)10-6-15(7-11-22)21-20-17(8-12-25(21)14-26)18-13-16(23)4-5-19(18)24-20/h4-7,10,13-14,21,24H,8,11-12H2,1-2H3. The van der Waals surface area contributed by atoms with E-state index in [1.54, 1.807) is 0 Å². The van der Waals surface area contributed by atoms with Gasteiger partial charge in [0.15, 0.2) is 0 Å². The molecule has 4 rings (SSSR count). The first-order valence-electron chi connectivity index (χ1n) is 8.89. The van der Waals surface area contributed by atoms with E-state index in [1.807, 2.05) is 30.0 Å². The van der Waals surface area contributed by atoms with Crippen LogP contribution in [0.2, 0.25) is 5.02 Å². The van der Waals surface area contributed by atoms with Crippen molar-refractivity contribution in [3.63, 3.8) is 0 Å². The maximum Gasteiger partial charge on any atom is 0.210 e. The molecule has 0 fully saturated rings. The second kappa shape index (κ2) is 6.37. The molecule has 1 N–H and O–H groups in total. The number of H-pyrrole nitrogens is 1. The van der Waals surface area contributed by atoms with Crippen LogP contribution in [-0.4, -0.2) is 22.8 Å². The summed E-state index contributed by atoms with van der Waals surface area (Å²) in [5, 5.41) is 1.89. The van der Waals surface area contributed by atoms with E-state index < -0.39 is 0 Å². The lowest BCUT2D eigenvalue weighted by Gasteiger charge is -2.35. The number of hydrogen-bond acceptors (Lipinski definition) is 1. The molecule has 2 atom stereocenters. The van der Waals surface area contributed by atoms with Crippen molar-refractivity contribution >= 4 is 28.9 Å². The molecule has 2 heterocycles. The summed E-state index contributed by atoms with van der Waals surface area (Å²) in [4.78, 5) is 17.2. The van der Waals surface area contributed by atoms with Gasteiger partial charge >= 0.3 is 0 Å². The Morgan fingerprint density at radius 2 is 2.27 bits per heavy atom. The average Bonchev–Trinajstić information content (AvgIpc) is 2.99. The lowest BCUT2D eigenvalue weighted by atomic mass is 9.80. The first-order valence-corrected chi connectivity index (χ1v) is 9.27. The maximum absolute atomic E-state index is 11.7. The van der Waals surface area contributed by atoms with Crippen LogP contribution < -0.4 is 0 Å². The van der Waals surface area contributed by atoms with Gasteiger partial charge in [-0.2, -0.15) is 0 Å². The predicted octanol–water partition coefficient (Wildman–Crippen LogP) is 4.79. The van der Waals surface area contributed by atoms with Gasteiger partial charge < -0.3 is 9.88 Å². The Morgan fingerprint density at radius 3 is 2.96 bits per heavy atom. The van der Waals surface area contributed by atoms with Crippen LogP contribution in [0, 0.1) is 17.3 Å². The van der Waals surface area contributed by atoms with Gasteiger partial charge in [-0.1, -0.05) is 35.7 Å². The van der Waals surface area contributed by atoms with Crippen LogP contribution >= 0.6 is 11.6 Å². The fourth-order valence-corrected chi connectivity index (χ4v) is 4.25. The van der Waals surface area contributed by atoms with Crippen molar-refractivity contribution in [1.29, 1.82) is 0 Å². The molecule has 1 aliphatic carbocycles. The Morgan fingerprint density at radius 1 is 1.42 bits per heavy atom. The van der Waals surface area contributed by atoms with Gasteiger partial charge in [-0.05, 0) is 56.0 Å². The van der Waals surface area contributed by atoms with Gasteiger partial charge in [0.05, 0.1) is 11.5 Å². The number of nitrogens with zero attached hydrogens (tertiary/aromatic N) is 1. The van der Waals surface area contributed by atoms with E-state index in [9.17, 15) is 4.79 Å². The molecule has 0 saturated carbocycles. The van der Waals surface area contributed by atoms with E-state index in [-0.39, 0.29) is 11.5 Å². The highest BCUT2D eigenvalue weighted by Crippen LogP contribution is 2.41. The summed E-state index contributed by atoms with van der Waals surface area (Å²) in [6.07, 6.45) is 9.16. The summed E-state index contributed by atoms with van der Waals surface area (Å²) >= 11 is 6.20. The number of allylic oxidation sites excluding steroid dienone is 2. The molecule has 1 aromatic heterocycles. The smallest absolute Gasteiger partial charge is 0.210 e. The Kier molecular flexibility index (Phi) is 4.17. The number of carbonyl (C=O) groups excluding carboxylic acids is 1. The SMILES string of the molecule is CC#CC1(C)C=CC(C2c3[nH]c4ccc(Cl)cc4c3CCN2C=O)=CC1. The van der Waals surface area contributed by atoms with Gasteiger partial charge in [0, 0.05) is 28.2 Å². The van der Waals surface area contributed by atoms with Gasteiger partial charge in [0.1, 0.15) is 0 Å². The van der Waals surface area contributed by atoms with Crippen molar-refractivity contribution in [3.05, 3.63) is 58.3 Å². The normalized spacial score (nSPS) is 24.7. The number of hydrogen-bond donors (Lipinski definition) is 1. The number of carbonyl (C=O) groups is 1. The average molecular weight is 365 g/mol. The summed E-state index contributed by atoms with van der Waals surface area (Å²) in [5.74, 6) is 6.28. The minimum absolute atomic E-state index is 0.0854. The second-order valence-corrected chi connectivity index (χ2v) is 7.67. The van der Waals surface area contributed by atoms with Crippen molar-refractivity contribution in [3.8, 4) is 11.8 Å². The Hall–Kier alpha value is -2.44. The monoisotopic (exact) mass is 364 g/mol. The minimum atomic E-state index is -0.129. The van der Waals surface area contributed by atoms with Crippen LogP contribution in [0.15, 0.2) is 42.0 Å². The third-order valence-electron chi connectivity index (χ3n) is 5.39. The number of benzene rings is 1. The summed E-state index contributed by atoms with van der Waals surface area (Å²) in [6.45, 7) is 4.72. The molecule has 0 bridgehead atoms. The fourth-order valence-electron chi connectivity index (χ4n) is 4.08. The highest BCUT2D eigenvalue weighted by atomic mass is 35.5. The fraction of sp³-hybridized carbons (Fsp3) is 0.318. The van der Waals surface area contributed by atoms with E-state index in [0.717, 1.165) is 46.4 Å². The number of halogens is 1. The number of rotatable bonds is 2. The molecular weight excluding hydrogens is 344 g/mol. The largest absolute Gasteiger partial charge is 0.356 e. The van der Waals surface area contributed by atoms with E-state index >= 15 is 0 Å². The van der Waals surface area contributed by atoms with Crippen molar-refractivity contribution in [2.75, 3.05) is 6.54 Å². The van der Waals surface area contributed by atoms with Gasteiger partial charge in [0.25, 0.3) is 0 Å². The Labute approximate surface area is 158 Å². The molecule has 1 aliphatic heterocycles. The molecule has 132 valence electrons. The molecule has 1 amide bonds. The van der Waals surface area contributed by atoms with Crippen molar-refractivity contribution in [2.45, 2.75) is 32.7 Å². The topological polar surface area (TPSA) is 36.1 Å². The zero-order valence-electron chi connectivity index (χ0n) is 15.0. The van der Waals surface area contributed by atoms with Crippen LogP contribution in [0.3, 0.4) is 0 Å². The Bertz CT molecular complexity index is 1000. The van der Waals surface area contributed by atoms with Gasteiger partial charge in [-0.3, -0.25) is 4.79 Å². The van der Waals surface area contributed by atoms with Crippen LogP contribution in [0.5, 0.6) is 0 Å². The molecule has 0 saturated heterocycles. The number of nitrogens with one attached hydrogen (secondary N) is 1. The summed E-state index contributed by atoms with van der Waals surface area (Å²) in [7, 11) is 0. The molecular formula is C22H21ClN2O. The minimum Gasteiger partial charge on any atom is -0.356 e. The van der Waals surface area contributed by atoms with Crippen molar-refractivity contribution < 1.29 is 4.79 Å². The molecule has 1 aromatic carbocycles. The van der Waals surface area contributed by atoms with Crippen LogP contribution in [0.25, 0.3) is 10.9 Å². The lowest BCUT2D eigenvalue weighted by Crippen LogP contribution is -2.35. The summed E-state index contributed by atoms with van der Waals surface area (Å²) < 4.78 is 0. The zero-order chi connectivity index (χ0) is 18.3. The van der Waals surface area contributed by atoms with E-state index in [1.165, 1.54) is 5.56 Å². The second-order valence-electron chi connectivity index (χ2n) is 7.24. The predicted molar refractivity (Wildman–Crippen MR) is 106 cm³/mol. The van der Waals surface area contributed by atoms with Crippen molar-refractivity contribution in [2.24, 2.45) is 5.41 Å².